The Balaban J connectivity index is 0.00000331. The first-order valence-electron chi connectivity index (χ1n) is 17.2. The summed E-state index contributed by atoms with van der Waals surface area (Å²) >= 11 is 0. The number of hydrogen-bond donors (Lipinski definition) is 2. The molecule has 2 aliphatic heterocycles. The van der Waals surface area contributed by atoms with Gasteiger partial charge >= 0.3 is 0 Å². The van der Waals surface area contributed by atoms with Crippen molar-refractivity contribution in [1.29, 1.82) is 0 Å². The molecule has 59 heavy (non-hydrogen) atoms. The average Bonchev–Trinajstić information content (AvgIpc) is 3.65. The van der Waals surface area contributed by atoms with Gasteiger partial charge in [-0.3, -0.25) is 18.7 Å². The molecule has 2 atom stereocenters. The molecule has 2 aliphatic rings. The van der Waals surface area contributed by atoms with Gasteiger partial charge in [0.2, 0.25) is 0 Å². The number of carbonyl (C=O) groups excluding carboxylic acids is 2. The molecule has 0 fully saturated rings. The Bertz CT molecular complexity index is 2530. The van der Waals surface area contributed by atoms with E-state index in [0.717, 1.165) is 26.7 Å². The van der Waals surface area contributed by atoms with Crippen molar-refractivity contribution in [3.8, 4) is 0 Å². The molecule has 5 aromatic carbocycles. The van der Waals surface area contributed by atoms with Gasteiger partial charge in [0.25, 0.3) is 32.1 Å². The summed E-state index contributed by atoms with van der Waals surface area (Å²) < 4.78 is 64.1. The van der Waals surface area contributed by atoms with Crippen molar-refractivity contribution in [2.75, 3.05) is 10.0 Å². The monoisotopic (exact) mass is 850 g/mol. The fourth-order valence-corrected chi connectivity index (χ4v) is 7.17. The van der Waals surface area contributed by atoms with Crippen LogP contribution < -0.4 is 10.0 Å². The Morgan fingerprint density at radius 1 is 0.525 bits per heavy atom. The van der Waals surface area contributed by atoms with E-state index in [0.29, 0.717) is 34.2 Å². The standard InChI is InChI=1S/C39H32N8O8S2.2Na/c1-24-36(38(48)46(44-24)31-16-20-33(21-17-31)56(50,51)52)42-40-29-12-8-27(9-13-29)35(26-6-4-3-5-7-26)28-10-14-30(15-11-28)41-43-37-25(2)45-47(39(37)49)32-18-22-34(23-19-32)57(53,54)55;;/h3-23,35-37H,1-2H3,(H,50,51,52)(H,53,54,55);;. The van der Waals surface area contributed by atoms with Gasteiger partial charge in [-0.25, -0.2) is 0 Å². The minimum atomic E-state index is -4.39. The molecule has 20 heteroatoms. The van der Waals surface area contributed by atoms with Gasteiger partial charge in [0.1, 0.15) is 0 Å². The normalized spacial score (nSPS) is 17.5. The maximum Gasteiger partial charge on any atom is 0.294 e. The van der Waals surface area contributed by atoms with Crippen molar-refractivity contribution in [1.82, 2.24) is 0 Å². The third kappa shape index (κ3) is 10.2. The number of hydrazone groups is 2. The van der Waals surface area contributed by atoms with Gasteiger partial charge in [0, 0.05) is 65.0 Å². The summed E-state index contributed by atoms with van der Waals surface area (Å²) in [5.41, 5.74) is 5.37. The van der Waals surface area contributed by atoms with Gasteiger partial charge in [-0.05, 0) is 103 Å². The first-order valence-corrected chi connectivity index (χ1v) is 20.1. The van der Waals surface area contributed by atoms with E-state index < -0.39 is 44.1 Å². The van der Waals surface area contributed by atoms with Crippen LogP contribution >= 0.6 is 0 Å². The number of hydrogen-bond acceptors (Lipinski definition) is 12. The molecule has 0 saturated heterocycles. The van der Waals surface area contributed by atoms with E-state index in [1.54, 1.807) is 38.1 Å². The smallest absolute Gasteiger partial charge is 0.282 e. The van der Waals surface area contributed by atoms with Crippen LogP contribution in [0.15, 0.2) is 168 Å². The van der Waals surface area contributed by atoms with Gasteiger partial charge < -0.3 is 0 Å². The van der Waals surface area contributed by atoms with Gasteiger partial charge in [-0.15, -0.1) is 0 Å². The second-order valence-electron chi connectivity index (χ2n) is 13.0. The maximum absolute atomic E-state index is 13.2. The zero-order valence-electron chi connectivity index (χ0n) is 32.1. The van der Waals surface area contributed by atoms with Crippen molar-refractivity contribution in [2.45, 2.75) is 41.6 Å². The van der Waals surface area contributed by atoms with Gasteiger partial charge in [-0.1, -0.05) is 54.6 Å². The van der Waals surface area contributed by atoms with Crippen molar-refractivity contribution in [3.05, 3.63) is 144 Å². The number of azo groups is 2. The van der Waals surface area contributed by atoms with Crippen LogP contribution in [0.3, 0.4) is 0 Å². The van der Waals surface area contributed by atoms with Gasteiger partial charge in [0.05, 0.1) is 44.0 Å². The van der Waals surface area contributed by atoms with Gasteiger partial charge in [-0.2, -0.15) is 57.5 Å². The number of carbonyl (C=O) groups is 2. The molecular formula is C39H32N8Na2O8S2. The Morgan fingerprint density at radius 3 is 1.20 bits per heavy atom. The predicted octanol–water partition coefficient (Wildman–Crippen LogP) is 6.35. The summed E-state index contributed by atoms with van der Waals surface area (Å²) in [5.74, 6) is -1.11. The van der Waals surface area contributed by atoms with E-state index >= 15 is 0 Å². The second kappa shape index (κ2) is 18.8. The van der Waals surface area contributed by atoms with Crippen LogP contribution in [0.1, 0.15) is 36.5 Å². The van der Waals surface area contributed by atoms with E-state index in [4.69, 9.17) is 0 Å². The molecule has 2 unspecified atom stereocenters. The van der Waals surface area contributed by atoms with Crippen LogP contribution in [0.4, 0.5) is 22.7 Å². The zero-order chi connectivity index (χ0) is 40.5. The van der Waals surface area contributed by atoms with Crippen LogP contribution in [-0.4, -0.2) is 120 Å². The molecule has 2 radical (unpaired) electrons. The average molecular weight is 851 g/mol. The number of anilines is 2. The van der Waals surface area contributed by atoms with Crippen molar-refractivity contribution >= 4 is 125 Å². The largest absolute Gasteiger partial charge is 0.294 e. The first-order chi connectivity index (χ1) is 27.2. The molecule has 0 saturated carbocycles. The Labute approximate surface area is 383 Å². The first kappa shape index (κ1) is 45.5. The second-order valence-corrected chi connectivity index (χ2v) is 15.8. The molecule has 290 valence electrons. The maximum atomic E-state index is 13.2. The number of amides is 2. The fourth-order valence-electron chi connectivity index (χ4n) is 6.21. The third-order valence-electron chi connectivity index (χ3n) is 9.11. The molecule has 2 heterocycles. The Kier molecular flexibility index (Phi) is 14.5. The summed E-state index contributed by atoms with van der Waals surface area (Å²) in [4.78, 5) is 25.7. The van der Waals surface area contributed by atoms with E-state index in [2.05, 4.69) is 30.7 Å². The van der Waals surface area contributed by atoms with Crippen molar-refractivity contribution in [2.24, 2.45) is 30.7 Å². The molecule has 0 aliphatic carbocycles. The Hall–Kier alpha value is -4.60. The summed E-state index contributed by atoms with van der Waals surface area (Å²) in [6.45, 7) is 3.29. The zero-order valence-corrected chi connectivity index (χ0v) is 37.7. The summed E-state index contributed by atoms with van der Waals surface area (Å²) in [6, 6.07) is 33.0. The third-order valence-corrected chi connectivity index (χ3v) is 10.8. The molecule has 2 N–H and O–H groups in total. The molecule has 5 aromatic rings. The molecule has 2 amide bonds. The summed E-state index contributed by atoms with van der Waals surface area (Å²) in [6.07, 6.45) is 0. The van der Waals surface area contributed by atoms with Crippen LogP contribution in [0.5, 0.6) is 0 Å². The van der Waals surface area contributed by atoms with E-state index in [-0.39, 0.29) is 74.8 Å². The molecular weight excluding hydrogens is 819 g/mol. The van der Waals surface area contributed by atoms with Crippen molar-refractivity contribution < 1.29 is 35.5 Å². The van der Waals surface area contributed by atoms with E-state index in [9.17, 15) is 35.5 Å². The van der Waals surface area contributed by atoms with Crippen LogP contribution in [0, 0.1) is 0 Å². The number of nitrogens with zero attached hydrogens (tertiary/aromatic N) is 8. The molecule has 7 rings (SSSR count). The van der Waals surface area contributed by atoms with Crippen LogP contribution in [-0.2, 0) is 29.8 Å². The molecule has 0 bridgehead atoms. The Morgan fingerprint density at radius 2 is 0.864 bits per heavy atom. The predicted molar refractivity (Wildman–Crippen MR) is 222 cm³/mol. The SMILES string of the molecule is CC1=NN(c2ccc(S(=O)(=O)O)cc2)C(=O)C1N=Nc1ccc(C(c2ccccc2)c2ccc(N=NC3C(=O)N(c4ccc(S(=O)(=O)O)cc4)N=C3C)cc2)cc1.[Na].[Na]. The van der Waals surface area contributed by atoms with Gasteiger partial charge in [0.15, 0.2) is 12.1 Å². The molecule has 0 spiro atoms. The van der Waals surface area contributed by atoms with Crippen LogP contribution in [0.25, 0.3) is 0 Å². The van der Waals surface area contributed by atoms with E-state index in [1.165, 1.54) is 48.5 Å². The quantitative estimate of drug-likeness (QED) is 0.0658. The minimum absolute atomic E-state index is 0. The van der Waals surface area contributed by atoms with E-state index in [1.807, 2.05) is 54.6 Å². The molecule has 16 nitrogen and oxygen atoms in total. The molecule has 0 aromatic heterocycles. The fraction of sp³-hybridized carbons (Fsp3) is 0.128. The number of rotatable bonds is 11. The van der Waals surface area contributed by atoms with Crippen LogP contribution in [0.2, 0.25) is 0 Å². The summed E-state index contributed by atoms with van der Waals surface area (Å²) in [5, 5.41) is 27.9. The topological polar surface area (TPSA) is 224 Å². The van der Waals surface area contributed by atoms with Crippen molar-refractivity contribution in [3.63, 3.8) is 0 Å². The minimum Gasteiger partial charge on any atom is -0.282 e. The number of benzene rings is 5. The summed E-state index contributed by atoms with van der Waals surface area (Å²) in [7, 11) is -8.78.